The molecule has 1 aliphatic rings. The molecule has 0 radical (unpaired) electrons. The summed E-state index contributed by atoms with van der Waals surface area (Å²) in [5, 5.41) is 5.53. The standard InChI is InChI=1S/C17H17.C10H15.C8H8.2ClH.Zr/c1-10-5-14-9-15-6-11(2)13(4)8-17(15)16(14)7-12(10)3;1-8-5-6-9(7-8)10(2,3)4;1-2-8-6-4-3-5-7-8;;;/h5-9H,1-4H3;6-8H,1-4H3;3-7H,1H3;2*1H;/q2*-1;;;;+2/p-2. The maximum Gasteiger partial charge on any atom is -0.0408 e. The van der Waals surface area contributed by atoms with E-state index in [9.17, 15) is 0 Å². The van der Waals surface area contributed by atoms with Crippen molar-refractivity contribution in [2.45, 2.75) is 62.3 Å². The smallest absolute Gasteiger partial charge is 0.0408 e. The number of allylic oxidation sites excluding steroid dienone is 4. The van der Waals surface area contributed by atoms with Crippen LogP contribution in [0.15, 0.2) is 78.4 Å². The second kappa shape index (κ2) is 14.6. The molecule has 0 saturated carbocycles. The molecule has 4 aromatic carbocycles. The van der Waals surface area contributed by atoms with Crippen molar-refractivity contribution in [1.82, 2.24) is 0 Å². The summed E-state index contributed by atoms with van der Waals surface area (Å²) < 4.78 is 1.46. The first-order chi connectivity index (χ1) is 16.9. The Labute approximate surface area is 258 Å². The van der Waals surface area contributed by atoms with E-state index in [0.717, 1.165) is 0 Å². The third-order valence-electron chi connectivity index (χ3n) is 6.94. The first kappa shape index (κ1) is 34.4. The zero-order valence-electron chi connectivity index (χ0n) is 24.3. The SMILES string of the molecule is CC1[C-]=CC(C(C)(C)C)=C1.C[C](=[Zr+2])c1ccccc1.Cc1cc2[cH-]c3cc(C)c(C)cc3c2cc1C.[Cl-].[Cl-]. The molecule has 0 heterocycles. The van der Waals surface area contributed by atoms with Gasteiger partial charge in [0, 0.05) is 0 Å². The summed E-state index contributed by atoms with van der Waals surface area (Å²) in [6.45, 7) is 19.8. The van der Waals surface area contributed by atoms with Gasteiger partial charge in [0.15, 0.2) is 0 Å². The van der Waals surface area contributed by atoms with Crippen LogP contribution in [0.3, 0.4) is 0 Å². The molecule has 0 aliphatic heterocycles. The molecule has 0 nitrogen and oxygen atoms in total. The Bertz CT molecular complexity index is 1370. The van der Waals surface area contributed by atoms with Gasteiger partial charge in [-0.3, -0.25) is 6.08 Å². The average Bonchev–Trinajstić information content (AvgIpc) is 3.40. The zero-order chi connectivity index (χ0) is 26.6. The number of halogens is 2. The van der Waals surface area contributed by atoms with Crippen LogP contribution >= 0.6 is 0 Å². The van der Waals surface area contributed by atoms with Gasteiger partial charge in [-0.2, -0.15) is 11.6 Å². The number of rotatable bonds is 1. The van der Waals surface area contributed by atoms with Crippen molar-refractivity contribution in [1.29, 1.82) is 0 Å². The molecular weight excluding hydrogens is 583 g/mol. The van der Waals surface area contributed by atoms with E-state index in [-0.39, 0.29) is 24.8 Å². The van der Waals surface area contributed by atoms with E-state index in [2.05, 4.69) is 135 Å². The number of fused-ring (bicyclic) bond motifs is 3. The largest absolute Gasteiger partial charge is 1.00 e. The summed E-state index contributed by atoms with van der Waals surface area (Å²) in [6, 6.07) is 22.0. The Morgan fingerprint density at radius 1 is 0.789 bits per heavy atom. The molecule has 0 fully saturated rings. The maximum absolute atomic E-state index is 3.26. The predicted octanol–water partition coefficient (Wildman–Crippen LogP) is 3.70. The van der Waals surface area contributed by atoms with Crippen LogP contribution in [0.25, 0.3) is 21.5 Å². The van der Waals surface area contributed by atoms with Crippen LogP contribution < -0.4 is 24.8 Å². The number of benzene rings is 3. The van der Waals surface area contributed by atoms with E-state index >= 15 is 0 Å². The van der Waals surface area contributed by atoms with Gasteiger partial charge < -0.3 is 24.8 Å². The van der Waals surface area contributed by atoms with Gasteiger partial charge in [0.1, 0.15) is 0 Å². The fourth-order valence-electron chi connectivity index (χ4n) is 4.29. The van der Waals surface area contributed by atoms with Gasteiger partial charge in [-0.25, -0.2) is 6.08 Å². The summed E-state index contributed by atoms with van der Waals surface area (Å²) >= 11 is 1.51. The van der Waals surface area contributed by atoms with Gasteiger partial charge in [-0.1, -0.05) is 73.4 Å². The molecule has 1 aliphatic carbocycles. The Kier molecular flexibility index (Phi) is 13.3. The zero-order valence-corrected chi connectivity index (χ0v) is 28.2. The van der Waals surface area contributed by atoms with Crippen LogP contribution in [0.5, 0.6) is 0 Å². The topological polar surface area (TPSA) is 0 Å². The second-order valence-corrected chi connectivity index (χ2v) is 13.0. The Morgan fingerprint density at radius 3 is 1.55 bits per heavy atom. The Morgan fingerprint density at radius 2 is 1.24 bits per heavy atom. The van der Waals surface area contributed by atoms with Gasteiger partial charge in [0.2, 0.25) is 0 Å². The van der Waals surface area contributed by atoms with Gasteiger partial charge >= 0.3 is 70.3 Å². The van der Waals surface area contributed by atoms with E-state index in [1.165, 1.54) is 82.4 Å². The van der Waals surface area contributed by atoms with Crippen molar-refractivity contribution < 1.29 is 49.0 Å². The van der Waals surface area contributed by atoms with E-state index in [1.54, 1.807) is 0 Å². The summed E-state index contributed by atoms with van der Waals surface area (Å²) in [4.78, 5) is 0. The molecule has 5 rings (SSSR count). The minimum absolute atomic E-state index is 0. The monoisotopic (exact) mass is 620 g/mol. The van der Waals surface area contributed by atoms with Crippen molar-refractivity contribution in [3.63, 3.8) is 0 Å². The third kappa shape index (κ3) is 8.94. The van der Waals surface area contributed by atoms with E-state index in [1.807, 2.05) is 6.07 Å². The average molecular weight is 623 g/mol. The normalized spacial score (nSPS) is 14.0. The van der Waals surface area contributed by atoms with Crippen molar-refractivity contribution in [3.8, 4) is 0 Å². The summed E-state index contributed by atoms with van der Waals surface area (Å²) in [5.74, 6) is 0.522. The fourth-order valence-corrected chi connectivity index (χ4v) is 4.70. The Balaban J connectivity index is 0.000000299. The minimum atomic E-state index is 0. The molecule has 1 atom stereocenters. The molecule has 4 aromatic rings. The van der Waals surface area contributed by atoms with Crippen molar-refractivity contribution in [3.05, 3.63) is 112 Å². The first-order valence-corrected chi connectivity index (χ1v) is 14.1. The molecule has 3 heteroatoms. The molecule has 0 amide bonds. The molecular formula is C35H40Cl2Zr-2. The van der Waals surface area contributed by atoms with Crippen LogP contribution in [-0.2, 0) is 24.2 Å². The van der Waals surface area contributed by atoms with Gasteiger partial charge in [-0.15, -0.1) is 39.7 Å². The van der Waals surface area contributed by atoms with Crippen molar-refractivity contribution in [2.24, 2.45) is 11.3 Å². The first-order valence-electron chi connectivity index (χ1n) is 12.9. The van der Waals surface area contributed by atoms with Gasteiger partial charge in [-0.05, 0) is 27.7 Å². The third-order valence-corrected chi connectivity index (χ3v) is 7.65. The molecule has 1 unspecified atom stereocenters. The van der Waals surface area contributed by atoms with Crippen LogP contribution in [0, 0.1) is 45.1 Å². The number of hydrogen-bond donors (Lipinski definition) is 0. The van der Waals surface area contributed by atoms with E-state index in [0.29, 0.717) is 11.3 Å². The van der Waals surface area contributed by atoms with E-state index < -0.39 is 0 Å². The molecule has 0 bridgehead atoms. The van der Waals surface area contributed by atoms with Crippen LogP contribution in [0.2, 0.25) is 0 Å². The van der Waals surface area contributed by atoms with Crippen LogP contribution in [0.1, 0.15) is 62.4 Å². The minimum Gasteiger partial charge on any atom is -1.00 e. The van der Waals surface area contributed by atoms with Crippen LogP contribution in [0.4, 0.5) is 0 Å². The number of aryl methyl sites for hydroxylation is 4. The molecule has 0 aromatic heterocycles. The maximum atomic E-state index is 3.26. The van der Waals surface area contributed by atoms with Gasteiger partial charge in [0.25, 0.3) is 0 Å². The summed E-state index contributed by atoms with van der Waals surface area (Å²) in [5.41, 5.74) is 8.60. The molecule has 38 heavy (non-hydrogen) atoms. The quantitative estimate of drug-likeness (QED) is 0.284. The number of hydrogen-bond acceptors (Lipinski definition) is 0. The predicted molar refractivity (Wildman–Crippen MR) is 157 cm³/mol. The fraction of sp³-hybridized carbons (Fsp3) is 0.314. The summed E-state index contributed by atoms with van der Waals surface area (Å²) in [6.07, 6.45) is 7.65. The Hall–Kier alpha value is -1.66. The van der Waals surface area contributed by atoms with Crippen molar-refractivity contribution >= 4 is 24.8 Å². The van der Waals surface area contributed by atoms with Gasteiger partial charge in [0.05, 0.1) is 0 Å². The summed E-state index contributed by atoms with van der Waals surface area (Å²) in [7, 11) is 0. The van der Waals surface area contributed by atoms with E-state index in [4.69, 9.17) is 0 Å². The van der Waals surface area contributed by atoms with Crippen LogP contribution in [-0.4, -0.2) is 3.21 Å². The molecule has 0 saturated heterocycles. The molecule has 0 N–H and O–H groups in total. The second-order valence-electron chi connectivity index (χ2n) is 11.2. The molecule has 200 valence electrons. The molecule has 0 spiro atoms. The van der Waals surface area contributed by atoms with Crippen molar-refractivity contribution in [2.75, 3.05) is 0 Å².